The van der Waals surface area contributed by atoms with Gasteiger partial charge >= 0.3 is 0 Å². The molecule has 1 N–H and O–H groups in total. The molecule has 0 saturated heterocycles. The Balaban J connectivity index is 1.64. The van der Waals surface area contributed by atoms with Gasteiger partial charge in [0.1, 0.15) is 5.75 Å². The summed E-state index contributed by atoms with van der Waals surface area (Å²) >= 11 is 7.69. The number of hydrogen-bond donors (Lipinski definition) is 1. The lowest BCUT2D eigenvalue weighted by atomic mass is 10.0. The molecule has 5 heteroatoms. The van der Waals surface area contributed by atoms with Gasteiger partial charge in [0.2, 0.25) is 0 Å². The maximum Gasteiger partial charge on any atom is 0.261 e. The van der Waals surface area contributed by atoms with Gasteiger partial charge in [-0.1, -0.05) is 29.8 Å². The summed E-state index contributed by atoms with van der Waals surface area (Å²) in [6.07, 6.45) is 0.374. The Labute approximate surface area is 145 Å². The molecule has 0 aromatic heterocycles. The van der Waals surface area contributed by atoms with Crippen molar-refractivity contribution in [3.8, 4) is 5.75 Å². The van der Waals surface area contributed by atoms with Gasteiger partial charge in [-0.2, -0.15) is 0 Å². The van der Waals surface area contributed by atoms with Crippen LogP contribution in [0.1, 0.15) is 24.9 Å². The molecule has 0 spiro atoms. The van der Waals surface area contributed by atoms with Crippen LogP contribution < -0.4 is 10.1 Å². The van der Waals surface area contributed by atoms with E-state index < -0.39 is 6.10 Å². The van der Waals surface area contributed by atoms with Gasteiger partial charge in [0.25, 0.3) is 5.91 Å². The molecule has 2 atom stereocenters. The van der Waals surface area contributed by atoms with Crippen LogP contribution in [0.2, 0.25) is 5.02 Å². The Morgan fingerprint density at radius 1 is 1.26 bits per heavy atom. The van der Waals surface area contributed by atoms with E-state index in [4.69, 9.17) is 16.3 Å². The second-order valence-electron chi connectivity index (χ2n) is 5.45. The Morgan fingerprint density at radius 2 is 2.00 bits per heavy atom. The molecule has 0 bridgehead atoms. The normalized spacial score (nSPS) is 17.9. The van der Waals surface area contributed by atoms with Crippen LogP contribution in [-0.2, 0) is 4.79 Å². The van der Waals surface area contributed by atoms with E-state index in [9.17, 15) is 4.79 Å². The molecule has 2 aromatic carbocycles. The highest BCUT2D eigenvalue weighted by atomic mass is 35.5. The Hall–Kier alpha value is -1.65. The summed E-state index contributed by atoms with van der Waals surface area (Å²) in [6, 6.07) is 15.3. The Kier molecular flexibility index (Phi) is 5.13. The standard InChI is InChI=1S/C18H18ClNO2S/c1-12(22-14-8-6-13(19)7-9-14)18(21)20-16-10-11-23-17-5-3-2-4-15(16)17/h2-9,12,16H,10-11H2,1H3,(H,20,21)/t12-,16-/m1/s1. The number of ether oxygens (including phenoxy) is 1. The highest BCUT2D eigenvalue weighted by molar-refractivity contribution is 7.99. The topological polar surface area (TPSA) is 38.3 Å². The fourth-order valence-corrected chi connectivity index (χ4v) is 3.80. The highest BCUT2D eigenvalue weighted by Crippen LogP contribution is 2.35. The number of carbonyl (C=O) groups excluding carboxylic acids is 1. The molecule has 3 nitrogen and oxygen atoms in total. The smallest absolute Gasteiger partial charge is 0.261 e. The minimum atomic E-state index is -0.557. The molecule has 120 valence electrons. The molecule has 0 unspecified atom stereocenters. The number of rotatable bonds is 4. The lowest BCUT2D eigenvalue weighted by Crippen LogP contribution is -2.39. The number of nitrogens with one attached hydrogen (secondary N) is 1. The second-order valence-corrected chi connectivity index (χ2v) is 7.02. The van der Waals surface area contributed by atoms with E-state index in [-0.39, 0.29) is 11.9 Å². The van der Waals surface area contributed by atoms with Crippen molar-refractivity contribution in [2.75, 3.05) is 5.75 Å². The van der Waals surface area contributed by atoms with Crippen molar-refractivity contribution < 1.29 is 9.53 Å². The van der Waals surface area contributed by atoms with Crippen molar-refractivity contribution >= 4 is 29.3 Å². The average Bonchev–Trinajstić information content (AvgIpc) is 2.57. The van der Waals surface area contributed by atoms with Crippen LogP contribution in [0.25, 0.3) is 0 Å². The molecule has 3 rings (SSSR count). The van der Waals surface area contributed by atoms with Gasteiger partial charge in [-0.15, -0.1) is 11.8 Å². The monoisotopic (exact) mass is 347 g/mol. The van der Waals surface area contributed by atoms with Crippen molar-refractivity contribution in [2.24, 2.45) is 0 Å². The van der Waals surface area contributed by atoms with Gasteiger partial charge in [0.05, 0.1) is 6.04 Å². The van der Waals surface area contributed by atoms with Crippen molar-refractivity contribution in [2.45, 2.75) is 30.4 Å². The van der Waals surface area contributed by atoms with Crippen LogP contribution in [0.5, 0.6) is 5.75 Å². The minimum absolute atomic E-state index is 0.0521. The highest BCUT2D eigenvalue weighted by Gasteiger charge is 2.24. The summed E-state index contributed by atoms with van der Waals surface area (Å²) in [4.78, 5) is 13.7. The van der Waals surface area contributed by atoms with Gasteiger partial charge in [0, 0.05) is 15.7 Å². The number of halogens is 1. The van der Waals surface area contributed by atoms with Crippen LogP contribution in [0.3, 0.4) is 0 Å². The molecular formula is C18H18ClNO2S. The summed E-state index contributed by atoms with van der Waals surface area (Å²) in [5, 5.41) is 3.75. The van der Waals surface area contributed by atoms with Gasteiger partial charge in [0.15, 0.2) is 6.10 Å². The largest absolute Gasteiger partial charge is 0.481 e. The van der Waals surface area contributed by atoms with E-state index in [1.807, 2.05) is 23.9 Å². The summed E-state index contributed by atoms with van der Waals surface area (Å²) in [6.45, 7) is 1.76. The lowest BCUT2D eigenvalue weighted by molar-refractivity contribution is -0.128. The summed E-state index contributed by atoms with van der Waals surface area (Å²) in [7, 11) is 0. The molecule has 0 radical (unpaired) electrons. The third kappa shape index (κ3) is 4.01. The predicted octanol–water partition coefficient (Wildman–Crippen LogP) is 4.46. The van der Waals surface area contributed by atoms with Crippen LogP contribution in [0.15, 0.2) is 53.4 Å². The number of thioether (sulfide) groups is 1. The van der Waals surface area contributed by atoms with E-state index in [1.54, 1.807) is 31.2 Å². The zero-order chi connectivity index (χ0) is 16.2. The molecule has 0 aliphatic carbocycles. The zero-order valence-corrected chi connectivity index (χ0v) is 14.4. The molecule has 0 saturated carbocycles. The number of hydrogen-bond acceptors (Lipinski definition) is 3. The quantitative estimate of drug-likeness (QED) is 0.887. The van der Waals surface area contributed by atoms with Gasteiger partial charge < -0.3 is 10.1 Å². The first kappa shape index (κ1) is 16.2. The summed E-state index contributed by atoms with van der Waals surface area (Å²) in [5.41, 5.74) is 1.19. The fraction of sp³-hybridized carbons (Fsp3) is 0.278. The fourth-order valence-electron chi connectivity index (χ4n) is 2.55. The van der Waals surface area contributed by atoms with Gasteiger partial charge in [-0.3, -0.25) is 4.79 Å². The minimum Gasteiger partial charge on any atom is -0.481 e. The van der Waals surface area contributed by atoms with E-state index in [0.717, 1.165) is 12.2 Å². The third-order valence-corrected chi connectivity index (χ3v) is 5.15. The van der Waals surface area contributed by atoms with E-state index in [0.29, 0.717) is 10.8 Å². The first-order valence-corrected chi connectivity index (χ1v) is 8.94. The van der Waals surface area contributed by atoms with Gasteiger partial charge in [-0.05, 0) is 49.2 Å². The van der Waals surface area contributed by atoms with E-state index in [1.165, 1.54) is 10.5 Å². The van der Waals surface area contributed by atoms with Crippen molar-refractivity contribution in [1.82, 2.24) is 5.32 Å². The van der Waals surface area contributed by atoms with Crippen LogP contribution in [0.4, 0.5) is 0 Å². The van der Waals surface area contributed by atoms with E-state index in [2.05, 4.69) is 17.4 Å². The maximum atomic E-state index is 12.4. The summed E-state index contributed by atoms with van der Waals surface area (Å²) in [5.74, 6) is 1.54. The van der Waals surface area contributed by atoms with E-state index >= 15 is 0 Å². The SMILES string of the molecule is C[C@@H](Oc1ccc(Cl)cc1)C(=O)N[C@@H]1CCSc2ccccc21. The zero-order valence-electron chi connectivity index (χ0n) is 12.8. The maximum absolute atomic E-state index is 12.4. The van der Waals surface area contributed by atoms with Crippen molar-refractivity contribution in [3.63, 3.8) is 0 Å². The third-order valence-electron chi connectivity index (χ3n) is 3.77. The second kappa shape index (κ2) is 7.28. The van der Waals surface area contributed by atoms with Crippen LogP contribution >= 0.6 is 23.4 Å². The first-order chi connectivity index (χ1) is 11.1. The number of fused-ring (bicyclic) bond motifs is 1. The number of benzene rings is 2. The predicted molar refractivity (Wildman–Crippen MR) is 94.2 cm³/mol. The molecule has 1 aliphatic rings. The number of amides is 1. The first-order valence-electron chi connectivity index (χ1n) is 7.58. The van der Waals surface area contributed by atoms with Crippen LogP contribution in [-0.4, -0.2) is 17.8 Å². The number of carbonyl (C=O) groups is 1. The average molecular weight is 348 g/mol. The molecule has 2 aromatic rings. The van der Waals surface area contributed by atoms with Crippen molar-refractivity contribution in [3.05, 3.63) is 59.1 Å². The molecule has 1 amide bonds. The van der Waals surface area contributed by atoms with Crippen LogP contribution in [0, 0.1) is 0 Å². The Morgan fingerprint density at radius 3 is 2.78 bits per heavy atom. The molecular weight excluding hydrogens is 330 g/mol. The molecule has 1 aliphatic heterocycles. The lowest BCUT2D eigenvalue weighted by Gasteiger charge is -2.27. The van der Waals surface area contributed by atoms with Crippen molar-refractivity contribution in [1.29, 1.82) is 0 Å². The summed E-state index contributed by atoms with van der Waals surface area (Å²) < 4.78 is 5.68. The molecule has 1 heterocycles. The molecule has 23 heavy (non-hydrogen) atoms. The Bertz CT molecular complexity index is 690. The molecule has 0 fully saturated rings. The van der Waals surface area contributed by atoms with Gasteiger partial charge in [-0.25, -0.2) is 0 Å².